The van der Waals surface area contributed by atoms with Gasteiger partial charge in [0.05, 0.1) is 0 Å². The summed E-state index contributed by atoms with van der Waals surface area (Å²) in [6.07, 6.45) is 0. The van der Waals surface area contributed by atoms with E-state index < -0.39 is 0 Å². The molecule has 1 amide bonds. The Morgan fingerprint density at radius 2 is 1.95 bits per heavy atom. The number of carbonyl (C=O) groups is 1. The van der Waals surface area contributed by atoms with E-state index in [1.54, 1.807) is 24.3 Å². The molecule has 0 saturated carbocycles. The molecule has 0 saturated heterocycles. The molecule has 19 heavy (non-hydrogen) atoms. The summed E-state index contributed by atoms with van der Waals surface area (Å²) in [7, 11) is 0. The fourth-order valence-electron chi connectivity index (χ4n) is 1.48. The second kappa shape index (κ2) is 6.42. The number of halogens is 1. The van der Waals surface area contributed by atoms with Crippen LogP contribution in [0.15, 0.2) is 48.5 Å². The zero-order chi connectivity index (χ0) is 13.7. The van der Waals surface area contributed by atoms with Crippen molar-refractivity contribution in [2.45, 2.75) is 0 Å². The highest BCUT2D eigenvalue weighted by Crippen LogP contribution is 2.14. The van der Waals surface area contributed by atoms with Crippen LogP contribution in [0.2, 0.25) is 0 Å². The predicted molar refractivity (Wildman–Crippen MR) is 84.1 cm³/mol. The molecule has 0 atom stereocenters. The minimum absolute atomic E-state index is 0.0323. The van der Waals surface area contributed by atoms with Gasteiger partial charge >= 0.3 is 0 Å². The Hall–Kier alpha value is -1.76. The van der Waals surface area contributed by atoms with E-state index >= 15 is 0 Å². The topological polar surface area (TPSA) is 64.3 Å². The van der Waals surface area contributed by atoms with E-state index in [1.807, 2.05) is 24.3 Å². The standard InChI is InChI=1S/C14H13IN2O2/c15-10-2-1-3-12(8-10)17-14(18)9-19-13-6-4-11(16)5-7-13/h1-8H,9,16H2,(H,17,18). The lowest BCUT2D eigenvalue weighted by atomic mass is 10.3. The number of hydrogen-bond donors (Lipinski definition) is 2. The Balaban J connectivity index is 1.86. The number of nitrogens with one attached hydrogen (secondary N) is 1. The molecule has 0 aliphatic heterocycles. The van der Waals surface area contributed by atoms with Crippen LogP contribution >= 0.6 is 22.6 Å². The maximum absolute atomic E-state index is 11.7. The van der Waals surface area contributed by atoms with Crippen molar-refractivity contribution < 1.29 is 9.53 Å². The van der Waals surface area contributed by atoms with Gasteiger partial charge in [-0.25, -0.2) is 0 Å². The molecule has 0 radical (unpaired) electrons. The van der Waals surface area contributed by atoms with Crippen LogP contribution in [0.4, 0.5) is 11.4 Å². The van der Waals surface area contributed by atoms with Gasteiger partial charge in [0.15, 0.2) is 6.61 Å². The molecule has 0 unspecified atom stereocenters. The summed E-state index contributed by atoms with van der Waals surface area (Å²) in [4.78, 5) is 11.7. The molecule has 5 heteroatoms. The summed E-state index contributed by atoms with van der Waals surface area (Å²) < 4.78 is 6.42. The maximum Gasteiger partial charge on any atom is 0.262 e. The smallest absolute Gasteiger partial charge is 0.262 e. The Labute approximate surface area is 125 Å². The number of hydrogen-bond acceptors (Lipinski definition) is 3. The molecule has 2 aromatic carbocycles. The lowest BCUT2D eigenvalue weighted by molar-refractivity contribution is -0.118. The summed E-state index contributed by atoms with van der Waals surface area (Å²) in [6.45, 7) is -0.0323. The molecule has 0 aliphatic rings. The minimum atomic E-state index is -0.196. The van der Waals surface area contributed by atoms with Gasteiger partial charge in [-0.05, 0) is 65.1 Å². The molecule has 4 nitrogen and oxygen atoms in total. The molecule has 2 rings (SSSR count). The molecule has 0 fully saturated rings. The van der Waals surface area contributed by atoms with Gasteiger partial charge in [0, 0.05) is 14.9 Å². The zero-order valence-electron chi connectivity index (χ0n) is 10.1. The first kappa shape index (κ1) is 13.7. The molecule has 0 bridgehead atoms. The summed E-state index contributed by atoms with van der Waals surface area (Å²) in [5.41, 5.74) is 6.99. The monoisotopic (exact) mass is 368 g/mol. The van der Waals surface area contributed by atoms with E-state index in [2.05, 4.69) is 27.9 Å². The molecular weight excluding hydrogens is 355 g/mol. The summed E-state index contributed by atoms with van der Waals surface area (Å²) in [6, 6.07) is 14.5. The third-order valence-electron chi connectivity index (χ3n) is 2.36. The molecule has 0 heterocycles. The van der Waals surface area contributed by atoms with Crippen LogP contribution in [0.3, 0.4) is 0 Å². The Bertz CT molecular complexity index is 570. The number of nitrogen functional groups attached to an aromatic ring is 1. The number of carbonyl (C=O) groups excluding carboxylic acids is 1. The van der Waals surface area contributed by atoms with Crippen molar-refractivity contribution in [3.63, 3.8) is 0 Å². The van der Waals surface area contributed by atoms with Crippen molar-refractivity contribution in [3.8, 4) is 5.75 Å². The van der Waals surface area contributed by atoms with Crippen LogP contribution in [0.1, 0.15) is 0 Å². The van der Waals surface area contributed by atoms with Crippen LogP contribution in [0.25, 0.3) is 0 Å². The van der Waals surface area contributed by atoms with E-state index in [4.69, 9.17) is 10.5 Å². The zero-order valence-corrected chi connectivity index (χ0v) is 12.3. The number of benzene rings is 2. The first-order valence-corrected chi connectivity index (χ1v) is 6.75. The van der Waals surface area contributed by atoms with Gasteiger partial charge in [-0.1, -0.05) is 6.07 Å². The van der Waals surface area contributed by atoms with Gasteiger partial charge in [0.1, 0.15) is 5.75 Å². The molecule has 0 aliphatic carbocycles. The van der Waals surface area contributed by atoms with E-state index in [-0.39, 0.29) is 12.5 Å². The first-order chi connectivity index (χ1) is 9.13. The van der Waals surface area contributed by atoms with E-state index in [0.29, 0.717) is 11.4 Å². The largest absolute Gasteiger partial charge is 0.484 e. The Kier molecular flexibility index (Phi) is 4.62. The van der Waals surface area contributed by atoms with E-state index in [1.165, 1.54) is 0 Å². The highest BCUT2D eigenvalue weighted by Gasteiger charge is 2.03. The van der Waals surface area contributed by atoms with Crippen molar-refractivity contribution in [3.05, 3.63) is 52.1 Å². The van der Waals surface area contributed by atoms with Crippen molar-refractivity contribution >= 4 is 39.9 Å². The van der Waals surface area contributed by atoms with Gasteiger partial charge in [-0.3, -0.25) is 4.79 Å². The SMILES string of the molecule is Nc1ccc(OCC(=O)Nc2cccc(I)c2)cc1. The molecule has 3 N–H and O–H groups in total. The van der Waals surface area contributed by atoms with E-state index in [0.717, 1.165) is 9.26 Å². The Morgan fingerprint density at radius 3 is 2.63 bits per heavy atom. The average Bonchev–Trinajstić information content (AvgIpc) is 2.38. The number of amides is 1. The second-order valence-corrected chi connectivity index (χ2v) is 5.16. The molecule has 0 spiro atoms. The number of anilines is 2. The van der Waals surface area contributed by atoms with E-state index in [9.17, 15) is 4.79 Å². The third kappa shape index (κ3) is 4.44. The fraction of sp³-hybridized carbons (Fsp3) is 0.0714. The van der Waals surface area contributed by atoms with Crippen LogP contribution in [0.5, 0.6) is 5.75 Å². The number of rotatable bonds is 4. The van der Waals surface area contributed by atoms with Crippen molar-refractivity contribution in [2.24, 2.45) is 0 Å². The normalized spacial score (nSPS) is 9.95. The quantitative estimate of drug-likeness (QED) is 0.645. The van der Waals surface area contributed by atoms with Crippen LogP contribution in [-0.2, 0) is 4.79 Å². The lowest BCUT2D eigenvalue weighted by Crippen LogP contribution is -2.20. The van der Waals surface area contributed by atoms with Crippen molar-refractivity contribution in [2.75, 3.05) is 17.7 Å². The number of nitrogens with two attached hydrogens (primary N) is 1. The molecule has 0 aromatic heterocycles. The van der Waals surface area contributed by atoms with Crippen LogP contribution < -0.4 is 15.8 Å². The van der Waals surface area contributed by atoms with Crippen LogP contribution in [0, 0.1) is 3.57 Å². The predicted octanol–water partition coefficient (Wildman–Crippen LogP) is 2.89. The molecule has 98 valence electrons. The minimum Gasteiger partial charge on any atom is -0.484 e. The van der Waals surface area contributed by atoms with Crippen LogP contribution in [-0.4, -0.2) is 12.5 Å². The molecule has 2 aromatic rings. The van der Waals surface area contributed by atoms with Crippen molar-refractivity contribution in [1.82, 2.24) is 0 Å². The fourth-order valence-corrected chi connectivity index (χ4v) is 2.02. The second-order valence-electron chi connectivity index (χ2n) is 3.92. The molecular formula is C14H13IN2O2. The summed E-state index contributed by atoms with van der Waals surface area (Å²) in [5.74, 6) is 0.422. The third-order valence-corrected chi connectivity index (χ3v) is 3.03. The van der Waals surface area contributed by atoms with Gasteiger partial charge in [-0.15, -0.1) is 0 Å². The van der Waals surface area contributed by atoms with Gasteiger partial charge < -0.3 is 15.8 Å². The summed E-state index contributed by atoms with van der Waals surface area (Å²) >= 11 is 2.19. The highest BCUT2D eigenvalue weighted by molar-refractivity contribution is 14.1. The maximum atomic E-state index is 11.7. The van der Waals surface area contributed by atoms with Gasteiger partial charge in [-0.2, -0.15) is 0 Å². The summed E-state index contributed by atoms with van der Waals surface area (Å²) in [5, 5.41) is 2.77. The Morgan fingerprint density at radius 1 is 1.21 bits per heavy atom. The van der Waals surface area contributed by atoms with Gasteiger partial charge in [0.25, 0.3) is 5.91 Å². The van der Waals surface area contributed by atoms with Crippen molar-refractivity contribution in [1.29, 1.82) is 0 Å². The average molecular weight is 368 g/mol. The van der Waals surface area contributed by atoms with Gasteiger partial charge in [0.2, 0.25) is 0 Å². The number of ether oxygens (including phenoxy) is 1. The lowest BCUT2D eigenvalue weighted by Gasteiger charge is -2.08. The first-order valence-electron chi connectivity index (χ1n) is 5.67. The highest BCUT2D eigenvalue weighted by atomic mass is 127.